The molecule has 1 aliphatic heterocycles. The van der Waals surface area contributed by atoms with Crippen LogP contribution in [0.3, 0.4) is 0 Å². The van der Waals surface area contributed by atoms with Crippen molar-refractivity contribution in [3.8, 4) is 0 Å². The van der Waals surface area contributed by atoms with Crippen LogP contribution in [0.5, 0.6) is 0 Å². The van der Waals surface area contributed by atoms with E-state index in [0.717, 1.165) is 16.5 Å². The van der Waals surface area contributed by atoms with Crippen molar-refractivity contribution in [1.82, 2.24) is 9.55 Å². The fourth-order valence-corrected chi connectivity index (χ4v) is 2.66. The van der Waals surface area contributed by atoms with Crippen molar-refractivity contribution >= 4 is 7.60 Å². The normalized spacial score (nSPS) is 30.0. The number of aliphatic hydroxyl groups excluding tert-OH is 1. The maximum absolute atomic E-state index is 11.8. The zero-order valence-corrected chi connectivity index (χ0v) is 13.1. The lowest BCUT2D eigenvalue weighted by Gasteiger charge is -2.19. The van der Waals surface area contributed by atoms with Gasteiger partial charge in [-0.1, -0.05) is 6.58 Å². The van der Waals surface area contributed by atoms with E-state index in [0.29, 0.717) is 0 Å². The number of nitrogens with zero attached hydrogens (tertiary/aromatic N) is 1. The molecule has 3 N–H and O–H groups in total. The first-order valence-corrected chi connectivity index (χ1v) is 8.22. The van der Waals surface area contributed by atoms with E-state index in [1.807, 2.05) is 0 Å². The number of hydrogen-bond acceptors (Lipinski definition) is 7. The zero-order chi connectivity index (χ0) is 17.2. The van der Waals surface area contributed by atoms with E-state index in [1.165, 1.54) is 13.3 Å². The molecule has 2 heterocycles. The number of hydrogen-bond donors (Lipinski definition) is 3. The molecule has 1 saturated heterocycles. The second-order valence-corrected chi connectivity index (χ2v) is 6.57. The third-order valence-corrected chi connectivity index (χ3v) is 4.35. The van der Waals surface area contributed by atoms with Crippen LogP contribution in [0.1, 0.15) is 6.23 Å². The molecule has 3 unspecified atom stereocenters. The van der Waals surface area contributed by atoms with Gasteiger partial charge in [-0.05, 0) is 0 Å². The van der Waals surface area contributed by atoms with Crippen LogP contribution in [0.4, 0.5) is 0 Å². The minimum Gasteiger partial charge on any atom is -0.387 e. The summed E-state index contributed by atoms with van der Waals surface area (Å²) in [5.41, 5.74) is -1.32. The Morgan fingerprint density at radius 3 is 2.83 bits per heavy atom. The van der Waals surface area contributed by atoms with Crippen LogP contribution in [0.15, 0.2) is 34.2 Å². The van der Waals surface area contributed by atoms with E-state index in [2.05, 4.69) is 11.6 Å². The quantitative estimate of drug-likeness (QED) is 0.565. The van der Waals surface area contributed by atoms with E-state index in [9.17, 15) is 24.2 Å². The van der Waals surface area contributed by atoms with Crippen LogP contribution < -0.4 is 11.2 Å². The molecule has 5 atom stereocenters. The Bertz CT molecular complexity index is 728. The number of rotatable bonds is 6. The predicted molar refractivity (Wildman–Crippen MR) is 78.0 cm³/mol. The summed E-state index contributed by atoms with van der Waals surface area (Å²) in [5.74, 6) is 0.756. The summed E-state index contributed by atoms with van der Waals surface area (Å²) < 4.78 is 27.8. The molecule has 0 bridgehead atoms. The summed E-state index contributed by atoms with van der Waals surface area (Å²) in [7, 11) is -2.66. The van der Waals surface area contributed by atoms with Gasteiger partial charge in [0.15, 0.2) is 6.23 Å². The molecule has 10 nitrogen and oxygen atoms in total. The molecule has 11 heteroatoms. The van der Waals surface area contributed by atoms with Crippen LogP contribution in [-0.2, 0) is 18.6 Å². The molecule has 0 aliphatic carbocycles. The number of aromatic nitrogens is 2. The molecule has 0 radical (unpaired) electrons. The highest BCUT2D eigenvalue weighted by Crippen LogP contribution is 2.44. The van der Waals surface area contributed by atoms with Gasteiger partial charge in [-0.3, -0.25) is 18.9 Å². The minimum absolute atomic E-state index is 0.407. The van der Waals surface area contributed by atoms with E-state index >= 15 is 0 Å². The van der Waals surface area contributed by atoms with E-state index < -0.39 is 50.0 Å². The fourth-order valence-electron chi connectivity index (χ4n) is 2.20. The van der Waals surface area contributed by atoms with Gasteiger partial charge < -0.3 is 24.0 Å². The number of H-pyrrole nitrogens is 1. The number of methoxy groups -OCH3 is 1. The maximum atomic E-state index is 11.8. The Labute approximate surface area is 130 Å². The van der Waals surface area contributed by atoms with E-state index in [4.69, 9.17) is 14.0 Å². The van der Waals surface area contributed by atoms with Crippen LogP contribution in [0.25, 0.3) is 0 Å². The smallest absolute Gasteiger partial charge is 0.351 e. The van der Waals surface area contributed by atoms with E-state index in [1.54, 1.807) is 0 Å². The average molecular weight is 348 g/mol. The molecular weight excluding hydrogens is 331 g/mol. The molecule has 1 aliphatic rings. The predicted octanol–water partition coefficient (Wildman–Crippen LogP) is -0.845. The van der Waals surface area contributed by atoms with Crippen LogP contribution in [-0.4, -0.2) is 51.6 Å². The lowest BCUT2D eigenvalue weighted by Crippen LogP contribution is -2.38. The topological polar surface area (TPSA) is 140 Å². The number of aromatic amines is 1. The molecule has 1 aromatic rings. The Hall–Kier alpha value is -1.55. The maximum Gasteiger partial charge on any atom is 0.351 e. The monoisotopic (exact) mass is 348 g/mol. The van der Waals surface area contributed by atoms with Gasteiger partial charge >= 0.3 is 13.3 Å². The van der Waals surface area contributed by atoms with Gasteiger partial charge in [0.25, 0.3) is 5.56 Å². The lowest BCUT2D eigenvalue weighted by atomic mass is 10.1. The van der Waals surface area contributed by atoms with Crippen molar-refractivity contribution < 1.29 is 28.6 Å². The summed E-state index contributed by atoms with van der Waals surface area (Å²) in [6.45, 7) is 2.76. The van der Waals surface area contributed by atoms with Crippen molar-refractivity contribution in [2.75, 3.05) is 13.7 Å². The van der Waals surface area contributed by atoms with Gasteiger partial charge in [0.1, 0.15) is 18.3 Å². The SMILES string of the molecule is C=CP(=O)(O)OC[C@H]1O[C@@H](n2ccc(=O)[nH]c2=O)C(OC)C1O. The minimum atomic E-state index is -3.97. The summed E-state index contributed by atoms with van der Waals surface area (Å²) in [6.07, 6.45) is -2.99. The largest absolute Gasteiger partial charge is 0.387 e. The Kier molecular flexibility index (Phi) is 5.35. The van der Waals surface area contributed by atoms with Gasteiger partial charge in [-0.15, -0.1) is 0 Å². The first-order chi connectivity index (χ1) is 10.8. The molecule has 23 heavy (non-hydrogen) atoms. The second kappa shape index (κ2) is 6.91. The van der Waals surface area contributed by atoms with E-state index in [-0.39, 0.29) is 0 Å². The molecule has 0 amide bonds. The molecule has 0 saturated carbocycles. The highest BCUT2D eigenvalue weighted by molar-refractivity contribution is 7.56. The van der Waals surface area contributed by atoms with Gasteiger partial charge in [0.05, 0.1) is 6.61 Å². The van der Waals surface area contributed by atoms with Crippen LogP contribution in [0, 0.1) is 0 Å². The molecule has 0 aromatic carbocycles. The Balaban J connectivity index is 2.22. The van der Waals surface area contributed by atoms with Crippen molar-refractivity contribution in [3.63, 3.8) is 0 Å². The fraction of sp³-hybridized carbons (Fsp3) is 0.500. The summed E-state index contributed by atoms with van der Waals surface area (Å²) in [6, 6.07) is 1.12. The van der Waals surface area contributed by atoms with Gasteiger partial charge in [-0.2, -0.15) is 0 Å². The summed E-state index contributed by atoms with van der Waals surface area (Å²) in [5, 5.41) is 10.2. The molecule has 2 rings (SSSR count). The number of nitrogens with one attached hydrogen (secondary N) is 1. The zero-order valence-electron chi connectivity index (χ0n) is 12.2. The van der Waals surface area contributed by atoms with Crippen molar-refractivity contribution in [3.05, 3.63) is 45.5 Å². The third-order valence-electron chi connectivity index (χ3n) is 3.36. The molecule has 1 fully saturated rings. The van der Waals surface area contributed by atoms with Crippen molar-refractivity contribution in [1.29, 1.82) is 0 Å². The Morgan fingerprint density at radius 2 is 2.26 bits per heavy atom. The van der Waals surface area contributed by atoms with Gasteiger partial charge in [0.2, 0.25) is 0 Å². The third kappa shape index (κ3) is 3.86. The van der Waals surface area contributed by atoms with Gasteiger partial charge in [-0.25, -0.2) is 4.79 Å². The lowest BCUT2D eigenvalue weighted by molar-refractivity contribution is -0.0607. The van der Waals surface area contributed by atoms with Crippen molar-refractivity contribution in [2.24, 2.45) is 0 Å². The number of ether oxygens (including phenoxy) is 2. The highest BCUT2D eigenvalue weighted by Gasteiger charge is 2.46. The molecule has 0 spiro atoms. The second-order valence-electron chi connectivity index (χ2n) is 4.82. The van der Waals surface area contributed by atoms with Crippen molar-refractivity contribution in [2.45, 2.75) is 24.5 Å². The molecule has 1 aromatic heterocycles. The standard InChI is InChI=1S/C12H17N2O8P/c1-3-23(18,19)21-6-7-9(16)10(20-2)11(22-7)14-5-4-8(15)13-12(14)17/h3-5,7,9-11,16H,1,6H2,2H3,(H,18,19)(H,13,15,17)/t7-,9?,10?,11-/m1/s1. The first kappa shape index (κ1) is 17.8. The highest BCUT2D eigenvalue weighted by atomic mass is 31.2. The molecular formula is C12H17N2O8P. The van der Waals surface area contributed by atoms with Crippen LogP contribution in [0.2, 0.25) is 0 Å². The average Bonchev–Trinajstić information content (AvgIpc) is 2.81. The summed E-state index contributed by atoms with van der Waals surface area (Å²) >= 11 is 0. The number of aliphatic hydroxyl groups is 1. The van der Waals surface area contributed by atoms with Gasteiger partial charge in [0, 0.05) is 25.2 Å². The summed E-state index contributed by atoms with van der Waals surface area (Å²) in [4.78, 5) is 34.3. The molecule has 128 valence electrons. The first-order valence-electron chi connectivity index (χ1n) is 6.57. The Morgan fingerprint density at radius 1 is 1.57 bits per heavy atom. The van der Waals surface area contributed by atoms with Crippen LogP contribution >= 0.6 is 7.60 Å².